The molecule has 1 amide bonds. The SMILES string of the molecule is Cc1cnc(N2CC(Oc3ccc(Cl)cc3)C2)c(C(=O)NC2(c3ccc(C(=O)O)cc3)CC2)c1. The maximum Gasteiger partial charge on any atom is 0.335 e. The molecule has 2 aliphatic rings. The molecule has 3 aromatic rings. The summed E-state index contributed by atoms with van der Waals surface area (Å²) in [4.78, 5) is 31.1. The Morgan fingerprint density at radius 2 is 1.79 bits per heavy atom. The molecule has 5 rings (SSSR count). The Labute approximate surface area is 202 Å². The van der Waals surface area contributed by atoms with Crippen molar-refractivity contribution in [1.82, 2.24) is 10.3 Å². The first-order valence-corrected chi connectivity index (χ1v) is 11.5. The minimum atomic E-state index is -0.969. The molecule has 1 aliphatic carbocycles. The van der Waals surface area contributed by atoms with Crippen LogP contribution in [0.25, 0.3) is 0 Å². The van der Waals surface area contributed by atoms with E-state index in [4.69, 9.17) is 21.4 Å². The third kappa shape index (κ3) is 4.43. The molecule has 0 spiro atoms. The Hall–Kier alpha value is -3.58. The fraction of sp³-hybridized carbons (Fsp3) is 0.269. The second-order valence-electron chi connectivity index (χ2n) is 8.90. The topological polar surface area (TPSA) is 91.8 Å². The molecule has 1 aromatic heterocycles. The van der Waals surface area contributed by atoms with Crippen LogP contribution in [-0.2, 0) is 5.54 Å². The van der Waals surface area contributed by atoms with Crippen LogP contribution in [0.2, 0.25) is 5.02 Å². The number of ether oxygens (including phenoxy) is 1. The standard InChI is InChI=1S/C26H24ClN3O4/c1-16-12-22(24(31)29-26(10-11-26)18-4-2-17(3-5-18)25(32)33)23(28-13-16)30-14-21(15-30)34-20-8-6-19(27)7-9-20/h2-9,12-13,21H,10-11,14-15H2,1H3,(H,29,31)(H,32,33). The summed E-state index contributed by atoms with van der Waals surface area (Å²) in [6.45, 7) is 3.16. The Bertz CT molecular complexity index is 1230. The van der Waals surface area contributed by atoms with E-state index in [1.54, 1.807) is 42.6 Å². The molecule has 2 fully saturated rings. The van der Waals surface area contributed by atoms with Gasteiger partial charge in [0.1, 0.15) is 17.7 Å². The number of aromatic carboxylic acids is 1. The van der Waals surface area contributed by atoms with Gasteiger partial charge in [0.05, 0.1) is 29.8 Å². The Kier molecular flexibility index (Phi) is 5.65. The van der Waals surface area contributed by atoms with Crippen molar-refractivity contribution in [3.05, 3.63) is 88.1 Å². The number of carbonyl (C=O) groups excluding carboxylic acids is 1. The molecule has 2 N–H and O–H groups in total. The summed E-state index contributed by atoms with van der Waals surface area (Å²) in [6.07, 6.45) is 3.38. The Morgan fingerprint density at radius 1 is 1.12 bits per heavy atom. The summed E-state index contributed by atoms with van der Waals surface area (Å²) in [7, 11) is 0. The molecule has 1 saturated heterocycles. The van der Waals surface area contributed by atoms with Gasteiger partial charge in [0.2, 0.25) is 0 Å². The van der Waals surface area contributed by atoms with Crippen LogP contribution < -0.4 is 15.0 Å². The lowest BCUT2D eigenvalue weighted by molar-refractivity contribution is 0.0696. The predicted octanol–water partition coefficient (Wildman–Crippen LogP) is 4.43. The summed E-state index contributed by atoms with van der Waals surface area (Å²) in [5.41, 5.74) is 2.10. The minimum Gasteiger partial charge on any atom is -0.487 e. The number of aromatic nitrogens is 1. The maximum absolute atomic E-state index is 13.4. The summed E-state index contributed by atoms with van der Waals surface area (Å²) in [6, 6.07) is 15.8. The third-order valence-electron chi connectivity index (χ3n) is 6.30. The average Bonchev–Trinajstić information content (AvgIpc) is 3.58. The summed E-state index contributed by atoms with van der Waals surface area (Å²) >= 11 is 5.93. The number of nitrogens with one attached hydrogen (secondary N) is 1. The molecular weight excluding hydrogens is 454 g/mol. The summed E-state index contributed by atoms with van der Waals surface area (Å²) in [5, 5.41) is 13.0. The number of halogens is 1. The van der Waals surface area contributed by atoms with E-state index in [1.165, 1.54) is 0 Å². The lowest BCUT2D eigenvalue weighted by Crippen LogP contribution is -2.55. The molecule has 174 valence electrons. The van der Waals surface area contributed by atoms with Crippen molar-refractivity contribution in [2.45, 2.75) is 31.4 Å². The van der Waals surface area contributed by atoms with E-state index in [-0.39, 0.29) is 17.6 Å². The van der Waals surface area contributed by atoms with Gasteiger partial charge in [0.15, 0.2) is 0 Å². The van der Waals surface area contributed by atoms with E-state index in [0.717, 1.165) is 29.7 Å². The largest absolute Gasteiger partial charge is 0.487 e. The Morgan fingerprint density at radius 3 is 2.41 bits per heavy atom. The van der Waals surface area contributed by atoms with Gasteiger partial charge in [-0.05, 0) is 73.4 Å². The van der Waals surface area contributed by atoms with Crippen LogP contribution >= 0.6 is 11.6 Å². The van der Waals surface area contributed by atoms with E-state index >= 15 is 0 Å². The van der Waals surface area contributed by atoms with Crippen LogP contribution in [-0.4, -0.2) is 41.2 Å². The van der Waals surface area contributed by atoms with Gasteiger partial charge in [-0.2, -0.15) is 0 Å². The Balaban J connectivity index is 1.29. The second-order valence-corrected chi connectivity index (χ2v) is 9.34. The van der Waals surface area contributed by atoms with Crippen molar-refractivity contribution in [2.75, 3.05) is 18.0 Å². The molecule has 0 radical (unpaired) electrons. The van der Waals surface area contributed by atoms with E-state index < -0.39 is 11.5 Å². The molecule has 7 nitrogen and oxygen atoms in total. The summed E-state index contributed by atoms with van der Waals surface area (Å²) < 4.78 is 5.99. The number of rotatable bonds is 7. The summed E-state index contributed by atoms with van der Waals surface area (Å²) in [5.74, 6) is 0.237. The molecule has 1 saturated carbocycles. The van der Waals surface area contributed by atoms with Crippen molar-refractivity contribution < 1.29 is 19.4 Å². The van der Waals surface area contributed by atoms with Crippen LogP contribution in [0.3, 0.4) is 0 Å². The highest BCUT2D eigenvalue weighted by Crippen LogP contribution is 2.46. The van der Waals surface area contributed by atoms with Crippen LogP contribution in [0, 0.1) is 6.92 Å². The number of anilines is 1. The highest BCUT2D eigenvalue weighted by atomic mass is 35.5. The van der Waals surface area contributed by atoms with E-state index in [2.05, 4.69) is 10.3 Å². The smallest absolute Gasteiger partial charge is 0.335 e. The number of carboxylic acid groups (broad SMARTS) is 1. The number of hydrogen-bond donors (Lipinski definition) is 2. The molecular formula is C26H24ClN3O4. The molecule has 8 heteroatoms. The fourth-order valence-electron chi connectivity index (χ4n) is 4.20. The van der Waals surface area contributed by atoms with Crippen molar-refractivity contribution >= 4 is 29.3 Å². The van der Waals surface area contributed by atoms with Crippen LogP contribution in [0.4, 0.5) is 5.82 Å². The molecule has 2 aromatic carbocycles. The predicted molar refractivity (Wildman–Crippen MR) is 129 cm³/mol. The van der Waals surface area contributed by atoms with Crippen LogP contribution in [0.15, 0.2) is 60.8 Å². The first kappa shape index (κ1) is 22.2. The van der Waals surface area contributed by atoms with Crippen molar-refractivity contribution in [2.24, 2.45) is 0 Å². The lowest BCUT2D eigenvalue weighted by Gasteiger charge is -2.40. The van der Waals surface area contributed by atoms with Crippen molar-refractivity contribution in [1.29, 1.82) is 0 Å². The maximum atomic E-state index is 13.4. The molecule has 2 heterocycles. The zero-order valence-electron chi connectivity index (χ0n) is 18.6. The van der Waals surface area contributed by atoms with Gasteiger partial charge in [-0.15, -0.1) is 0 Å². The number of aryl methyl sites for hydroxylation is 1. The van der Waals surface area contributed by atoms with E-state index in [1.807, 2.05) is 30.0 Å². The van der Waals surface area contributed by atoms with Gasteiger partial charge >= 0.3 is 5.97 Å². The van der Waals surface area contributed by atoms with Crippen molar-refractivity contribution in [3.8, 4) is 5.75 Å². The number of pyridine rings is 1. The molecule has 0 bridgehead atoms. The van der Waals surface area contributed by atoms with Gasteiger partial charge in [0.25, 0.3) is 5.91 Å². The quantitative estimate of drug-likeness (QED) is 0.523. The number of carbonyl (C=O) groups is 2. The second kappa shape index (κ2) is 8.65. The van der Waals surface area contributed by atoms with Gasteiger partial charge in [0, 0.05) is 11.2 Å². The molecule has 1 aliphatic heterocycles. The number of benzene rings is 2. The highest BCUT2D eigenvalue weighted by molar-refractivity contribution is 6.30. The fourth-order valence-corrected chi connectivity index (χ4v) is 4.33. The zero-order valence-corrected chi connectivity index (χ0v) is 19.4. The minimum absolute atomic E-state index is 0.00251. The highest BCUT2D eigenvalue weighted by Gasteiger charge is 2.46. The van der Waals surface area contributed by atoms with Crippen molar-refractivity contribution in [3.63, 3.8) is 0 Å². The van der Waals surface area contributed by atoms with Gasteiger partial charge in [-0.1, -0.05) is 23.7 Å². The number of hydrogen-bond acceptors (Lipinski definition) is 5. The number of nitrogens with zero attached hydrogens (tertiary/aromatic N) is 2. The first-order valence-electron chi connectivity index (χ1n) is 11.1. The third-order valence-corrected chi connectivity index (χ3v) is 6.55. The first-order chi connectivity index (χ1) is 16.3. The van der Waals surface area contributed by atoms with E-state index in [0.29, 0.717) is 29.5 Å². The average molecular weight is 478 g/mol. The monoisotopic (exact) mass is 477 g/mol. The van der Waals surface area contributed by atoms with Gasteiger partial charge < -0.3 is 20.1 Å². The lowest BCUT2D eigenvalue weighted by atomic mass is 10.0. The van der Waals surface area contributed by atoms with E-state index in [9.17, 15) is 9.59 Å². The number of amides is 1. The normalized spacial score (nSPS) is 16.5. The van der Waals surface area contributed by atoms with Crippen LogP contribution in [0.5, 0.6) is 5.75 Å². The number of carboxylic acids is 1. The van der Waals surface area contributed by atoms with Gasteiger partial charge in [-0.3, -0.25) is 4.79 Å². The van der Waals surface area contributed by atoms with Crippen LogP contribution in [0.1, 0.15) is 44.7 Å². The molecule has 0 unspecified atom stereocenters. The zero-order chi connectivity index (χ0) is 23.9. The molecule has 0 atom stereocenters. The van der Waals surface area contributed by atoms with Gasteiger partial charge in [-0.25, -0.2) is 9.78 Å². The molecule has 34 heavy (non-hydrogen) atoms.